The molecule has 0 aliphatic carbocycles. The Hall–Kier alpha value is -1.20. The van der Waals surface area contributed by atoms with Gasteiger partial charge in [0.05, 0.1) is 19.8 Å². The van der Waals surface area contributed by atoms with Crippen molar-refractivity contribution in [3.63, 3.8) is 0 Å². The van der Waals surface area contributed by atoms with Crippen LogP contribution in [-0.4, -0.2) is 29.8 Å². The van der Waals surface area contributed by atoms with Crippen LogP contribution in [0.25, 0.3) is 0 Å². The number of H-pyrrole nitrogens is 1. The lowest BCUT2D eigenvalue weighted by molar-refractivity contribution is -0.0936. The van der Waals surface area contributed by atoms with Gasteiger partial charge in [-0.15, -0.1) is 0 Å². The van der Waals surface area contributed by atoms with E-state index in [-0.39, 0.29) is 11.7 Å². The van der Waals surface area contributed by atoms with Crippen LogP contribution in [0.15, 0.2) is 4.79 Å². The number of hydrogen-bond acceptors (Lipinski definition) is 4. The van der Waals surface area contributed by atoms with E-state index in [2.05, 4.69) is 9.97 Å². The van der Waals surface area contributed by atoms with Crippen LogP contribution in [0, 0.1) is 6.92 Å². The second-order valence-electron chi connectivity index (χ2n) is 3.80. The van der Waals surface area contributed by atoms with Crippen molar-refractivity contribution in [1.29, 1.82) is 0 Å². The molecule has 5 heteroatoms. The van der Waals surface area contributed by atoms with Crippen LogP contribution in [0.4, 0.5) is 0 Å². The highest BCUT2D eigenvalue weighted by Gasteiger charge is 2.20. The van der Waals surface area contributed by atoms with Gasteiger partial charge >= 0.3 is 0 Å². The molecule has 1 fully saturated rings. The first-order chi connectivity index (χ1) is 7.72. The summed E-state index contributed by atoms with van der Waals surface area (Å²) in [5, 5.41) is 0. The molecule has 16 heavy (non-hydrogen) atoms. The van der Waals surface area contributed by atoms with E-state index in [0.29, 0.717) is 32.1 Å². The van der Waals surface area contributed by atoms with Crippen molar-refractivity contribution < 1.29 is 9.47 Å². The molecule has 1 aliphatic rings. The van der Waals surface area contributed by atoms with Gasteiger partial charge in [-0.05, 0) is 13.3 Å². The highest BCUT2D eigenvalue weighted by molar-refractivity contribution is 5.17. The first-order valence-corrected chi connectivity index (χ1v) is 5.51. The maximum absolute atomic E-state index is 11.7. The molecule has 1 atom stereocenters. The summed E-state index contributed by atoms with van der Waals surface area (Å²) in [7, 11) is 0. The van der Waals surface area contributed by atoms with Crippen molar-refractivity contribution in [3.05, 3.63) is 27.4 Å². The molecule has 0 bridgehead atoms. The molecule has 2 rings (SSSR count). The minimum absolute atomic E-state index is 0.0702. The third-order valence-corrected chi connectivity index (χ3v) is 2.72. The number of nitrogens with zero attached hydrogens (tertiary/aromatic N) is 1. The lowest BCUT2D eigenvalue weighted by Crippen LogP contribution is -2.27. The molecule has 0 saturated carbocycles. The normalized spacial score (nSPS) is 21.0. The molecular weight excluding hydrogens is 208 g/mol. The van der Waals surface area contributed by atoms with Crippen LogP contribution in [-0.2, 0) is 15.9 Å². The van der Waals surface area contributed by atoms with E-state index in [1.807, 2.05) is 13.8 Å². The van der Waals surface area contributed by atoms with Gasteiger partial charge in [-0.1, -0.05) is 6.92 Å². The molecule has 1 saturated heterocycles. The summed E-state index contributed by atoms with van der Waals surface area (Å²) >= 11 is 0. The fourth-order valence-corrected chi connectivity index (χ4v) is 1.85. The fourth-order valence-electron chi connectivity index (χ4n) is 1.85. The van der Waals surface area contributed by atoms with Crippen molar-refractivity contribution >= 4 is 0 Å². The Balaban J connectivity index is 2.31. The summed E-state index contributed by atoms with van der Waals surface area (Å²) in [4.78, 5) is 18.9. The molecule has 5 nitrogen and oxygen atoms in total. The lowest BCUT2D eigenvalue weighted by Gasteiger charge is -2.22. The van der Waals surface area contributed by atoms with E-state index in [1.165, 1.54) is 0 Å². The molecule has 0 spiro atoms. The predicted octanol–water partition coefficient (Wildman–Crippen LogP) is 0.729. The topological polar surface area (TPSA) is 64.2 Å². The molecule has 0 amide bonds. The van der Waals surface area contributed by atoms with E-state index in [1.54, 1.807) is 0 Å². The van der Waals surface area contributed by atoms with Gasteiger partial charge in [-0.3, -0.25) is 4.79 Å². The quantitative estimate of drug-likeness (QED) is 0.804. The summed E-state index contributed by atoms with van der Waals surface area (Å²) in [5.74, 6) is 0.569. The maximum Gasteiger partial charge on any atom is 0.254 e. The van der Waals surface area contributed by atoms with Crippen LogP contribution in [0.1, 0.15) is 30.1 Å². The van der Waals surface area contributed by atoms with E-state index >= 15 is 0 Å². The summed E-state index contributed by atoms with van der Waals surface area (Å²) in [6, 6.07) is 0. The highest BCUT2D eigenvalue weighted by Crippen LogP contribution is 2.16. The second-order valence-corrected chi connectivity index (χ2v) is 3.80. The van der Waals surface area contributed by atoms with Gasteiger partial charge in [0.15, 0.2) is 0 Å². The Morgan fingerprint density at radius 1 is 1.50 bits per heavy atom. The largest absolute Gasteiger partial charge is 0.376 e. The van der Waals surface area contributed by atoms with Crippen molar-refractivity contribution in [3.8, 4) is 0 Å². The zero-order valence-corrected chi connectivity index (χ0v) is 9.58. The van der Waals surface area contributed by atoms with Crippen molar-refractivity contribution in [2.24, 2.45) is 0 Å². The molecule has 0 aromatic carbocycles. The number of aromatic nitrogens is 2. The number of aromatic amines is 1. The van der Waals surface area contributed by atoms with E-state index in [9.17, 15) is 4.79 Å². The Labute approximate surface area is 93.8 Å². The average molecular weight is 224 g/mol. The molecule has 0 radical (unpaired) electrons. The number of aryl methyl sites for hydroxylation is 1. The number of nitrogens with one attached hydrogen (secondary N) is 1. The Kier molecular flexibility index (Phi) is 3.36. The number of rotatable bonds is 2. The molecule has 88 valence electrons. The zero-order chi connectivity index (χ0) is 11.5. The van der Waals surface area contributed by atoms with Gasteiger partial charge < -0.3 is 14.5 Å². The van der Waals surface area contributed by atoms with Gasteiger partial charge in [0.25, 0.3) is 5.56 Å². The molecular formula is C11H16N2O3. The van der Waals surface area contributed by atoms with Crippen LogP contribution < -0.4 is 5.56 Å². The monoisotopic (exact) mass is 224 g/mol. The predicted molar refractivity (Wildman–Crippen MR) is 58.5 cm³/mol. The summed E-state index contributed by atoms with van der Waals surface area (Å²) in [5.41, 5.74) is 1.44. The molecule has 1 aliphatic heterocycles. The van der Waals surface area contributed by atoms with Gasteiger partial charge in [0.1, 0.15) is 11.9 Å². The van der Waals surface area contributed by atoms with Gasteiger partial charge in [0, 0.05) is 11.3 Å². The molecule has 1 unspecified atom stereocenters. The third-order valence-electron chi connectivity index (χ3n) is 2.72. The van der Waals surface area contributed by atoms with Gasteiger partial charge in [0.2, 0.25) is 0 Å². The molecule has 1 aromatic rings. The number of hydrogen-bond donors (Lipinski definition) is 1. The Morgan fingerprint density at radius 3 is 2.88 bits per heavy atom. The third kappa shape index (κ3) is 2.15. The van der Waals surface area contributed by atoms with Crippen LogP contribution in [0.3, 0.4) is 0 Å². The van der Waals surface area contributed by atoms with Crippen LogP contribution in [0.2, 0.25) is 0 Å². The molecule has 2 heterocycles. The summed E-state index contributed by atoms with van der Waals surface area (Å²) in [6.07, 6.45) is 0.447. The van der Waals surface area contributed by atoms with Gasteiger partial charge in [-0.25, -0.2) is 4.98 Å². The molecule has 1 N–H and O–H groups in total. The van der Waals surface area contributed by atoms with Crippen molar-refractivity contribution in [1.82, 2.24) is 9.97 Å². The molecule has 1 aromatic heterocycles. The summed E-state index contributed by atoms with van der Waals surface area (Å²) < 4.78 is 10.8. The zero-order valence-electron chi connectivity index (χ0n) is 9.58. The van der Waals surface area contributed by atoms with E-state index in [0.717, 1.165) is 11.3 Å². The minimum atomic E-state index is -0.244. The lowest BCUT2D eigenvalue weighted by atomic mass is 10.2. The van der Waals surface area contributed by atoms with E-state index < -0.39 is 0 Å². The average Bonchev–Trinajstić information content (AvgIpc) is 2.30. The highest BCUT2D eigenvalue weighted by atomic mass is 16.6. The first-order valence-electron chi connectivity index (χ1n) is 5.51. The SMILES string of the molecule is CCc1c(C)nc(C2COCCO2)[nH]c1=O. The smallest absolute Gasteiger partial charge is 0.254 e. The van der Waals surface area contributed by atoms with Crippen LogP contribution in [0.5, 0.6) is 0 Å². The Bertz CT molecular complexity index is 422. The summed E-state index contributed by atoms with van der Waals surface area (Å²) in [6.45, 7) is 5.39. The Morgan fingerprint density at radius 2 is 2.31 bits per heavy atom. The minimum Gasteiger partial charge on any atom is -0.376 e. The van der Waals surface area contributed by atoms with Crippen LogP contribution >= 0.6 is 0 Å². The van der Waals surface area contributed by atoms with Crippen molar-refractivity contribution in [2.45, 2.75) is 26.4 Å². The number of ether oxygens (including phenoxy) is 2. The first kappa shape index (κ1) is 11.3. The fraction of sp³-hybridized carbons (Fsp3) is 0.636. The van der Waals surface area contributed by atoms with Gasteiger partial charge in [-0.2, -0.15) is 0 Å². The van der Waals surface area contributed by atoms with E-state index in [4.69, 9.17) is 9.47 Å². The second kappa shape index (κ2) is 4.76. The standard InChI is InChI=1S/C11H16N2O3/c1-3-8-7(2)12-10(13-11(8)14)9-6-15-4-5-16-9/h9H,3-6H2,1-2H3,(H,12,13,14). The maximum atomic E-state index is 11.7. The van der Waals surface area contributed by atoms with Crippen molar-refractivity contribution in [2.75, 3.05) is 19.8 Å².